The van der Waals surface area contributed by atoms with Gasteiger partial charge in [-0.2, -0.15) is 18.3 Å². The third-order valence-electron chi connectivity index (χ3n) is 3.01. The van der Waals surface area contributed by atoms with Gasteiger partial charge in [0.1, 0.15) is 5.75 Å². The van der Waals surface area contributed by atoms with Crippen molar-refractivity contribution >= 4 is 0 Å². The monoisotopic (exact) mass is 306 g/mol. The predicted molar refractivity (Wildman–Crippen MR) is 71.7 cm³/mol. The molecule has 2 heterocycles. The number of aromatic amines is 1. The summed E-state index contributed by atoms with van der Waals surface area (Å²) in [6.45, 7) is 0. The first kappa shape index (κ1) is 14.1. The maximum absolute atomic E-state index is 13.0. The van der Waals surface area contributed by atoms with Crippen LogP contribution in [0.15, 0.2) is 42.7 Å². The maximum atomic E-state index is 13.0. The SMILES string of the molecule is Oc1ccccc1-c1nc(-c2cnccc2C(F)(F)F)n[nH]1. The molecule has 0 fully saturated rings. The number of nitrogens with one attached hydrogen (secondary N) is 1. The molecule has 22 heavy (non-hydrogen) atoms. The number of pyridine rings is 1. The summed E-state index contributed by atoms with van der Waals surface area (Å²) in [5.41, 5.74) is -0.753. The van der Waals surface area contributed by atoms with Gasteiger partial charge in [-0.05, 0) is 18.2 Å². The Hall–Kier alpha value is -2.90. The standard InChI is InChI=1S/C14H9F3N4O/c15-14(16,17)10-5-6-18-7-9(10)13-19-12(20-21-13)8-3-1-2-4-11(8)22/h1-7,22H,(H,19,20,21). The van der Waals surface area contributed by atoms with Crippen molar-refractivity contribution in [3.8, 4) is 28.5 Å². The van der Waals surface area contributed by atoms with Crippen LogP contribution in [0.3, 0.4) is 0 Å². The van der Waals surface area contributed by atoms with Gasteiger partial charge in [0, 0.05) is 12.4 Å². The zero-order chi connectivity index (χ0) is 15.7. The third-order valence-corrected chi connectivity index (χ3v) is 3.01. The minimum Gasteiger partial charge on any atom is -0.507 e. The Kier molecular flexibility index (Phi) is 3.28. The molecular formula is C14H9F3N4O. The number of phenolic OH excluding ortho intramolecular Hbond substituents is 1. The molecule has 0 atom stereocenters. The van der Waals surface area contributed by atoms with Gasteiger partial charge in [0.25, 0.3) is 0 Å². The summed E-state index contributed by atoms with van der Waals surface area (Å²) in [5, 5.41) is 16.1. The molecule has 0 saturated carbocycles. The van der Waals surface area contributed by atoms with E-state index in [1.165, 1.54) is 6.07 Å². The Labute approximate surface area is 122 Å². The Balaban J connectivity index is 2.08. The second kappa shape index (κ2) is 5.14. The van der Waals surface area contributed by atoms with Gasteiger partial charge >= 0.3 is 6.18 Å². The van der Waals surface area contributed by atoms with E-state index < -0.39 is 11.7 Å². The largest absolute Gasteiger partial charge is 0.507 e. The number of aromatic hydroxyl groups is 1. The Morgan fingerprint density at radius 1 is 1.05 bits per heavy atom. The fourth-order valence-corrected chi connectivity index (χ4v) is 2.00. The van der Waals surface area contributed by atoms with Crippen LogP contribution in [0.4, 0.5) is 13.2 Å². The van der Waals surface area contributed by atoms with Crippen molar-refractivity contribution in [3.05, 3.63) is 48.3 Å². The van der Waals surface area contributed by atoms with Gasteiger partial charge in [-0.3, -0.25) is 10.1 Å². The van der Waals surface area contributed by atoms with E-state index in [1.807, 2.05) is 0 Å². The average Bonchev–Trinajstić information content (AvgIpc) is 2.96. The van der Waals surface area contributed by atoms with Crippen LogP contribution in [-0.2, 0) is 6.18 Å². The number of nitrogens with zero attached hydrogens (tertiary/aromatic N) is 3. The van der Waals surface area contributed by atoms with Crippen LogP contribution in [0.5, 0.6) is 5.75 Å². The van der Waals surface area contributed by atoms with E-state index in [4.69, 9.17) is 0 Å². The van der Waals surface area contributed by atoms with Crippen molar-refractivity contribution in [3.63, 3.8) is 0 Å². The molecular weight excluding hydrogens is 297 g/mol. The normalized spacial score (nSPS) is 11.6. The summed E-state index contributed by atoms with van der Waals surface area (Å²) >= 11 is 0. The van der Waals surface area contributed by atoms with E-state index in [2.05, 4.69) is 20.2 Å². The molecule has 3 rings (SSSR count). The van der Waals surface area contributed by atoms with Crippen molar-refractivity contribution in [2.75, 3.05) is 0 Å². The number of halogens is 3. The number of para-hydroxylation sites is 1. The molecule has 2 N–H and O–H groups in total. The molecule has 0 unspecified atom stereocenters. The number of rotatable bonds is 2. The third kappa shape index (κ3) is 2.50. The summed E-state index contributed by atoms with van der Waals surface area (Å²) in [6.07, 6.45) is -2.42. The van der Waals surface area contributed by atoms with Crippen molar-refractivity contribution < 1.29 is 18.3 Å². The molecule has 5 nitrogen and oxygen atoms in total. The van der Waals surface area contributed by atoms with Gasteiger partial charge in [0.2, 0.25) is 0 Å². The van der Waals surface area contributed by atoms with Crippen LogP contribution in [-0.4, -0.2) is 25.3 Å². The lowest BCUT2D eigenvalue weighted by Gasteiger charge is -2.09. The summed E-state index contributed by atoms with van der Waals surface area (Å²) in [6, 6.07) is 7.18. The van der Waals surface area contributed by atoms with Crippen LogP contribution in [0.2, 0.25) is 0 Å². The van der Waals surface area contributed by atoms with E-state index in [0.717, 1.165) is 18.5 Å². The molecule has 0 aliphatic rings. The number of hydrogen-bond donors (Lipinski definition) is 2. The summed E-state index contributed by atoms with van der Waals surface area (Å²) < 4.78 is 39.0. The van der Waals surface area contributed by atoms with Gasteiger partial charge in [-0.1, -0.05) is 12.1 Å². The van der Waals surface area contributed by atoms with Crippen LogP contribution >= 0.6 is 0 Å². The molecule has 2 aromatic heterocycles. The molecule has 0 bridgehead atoms. The second-order valence-corrected chi connectivity index (χ2v) is 4.44. The Morgan fingerprint density at radius 3 is 2.55 bits per heavy atom. The lowest BCUT2D eigenvalue weighted by molar-refractivity contribution is -0.137. The second-order valence-electron chi connectivity index (χ2n) is 4.44. The van der Waals surface area contributed by atoms with Crippen molar-refractivity contribution in [2.24, 2.45) is 0 Å². The predicted octanol–water partition coefficient (Wildman–Crippen LogP) is 3.26. The van der Waals surface area contributed by atoms with E-state index in [1.54, 1.807) is 18.2 Å². The quantitative estimate of drug-likeness (QED) is 0.762. The smallest absolute Gasteiger partial charge is 0.417 e. The number of H-pyrrole nitrogens is 1. The highest BCUT2D eigenvalue weighted by Crippen LogP contribution is 2.36. The highest BCUT2D eigenvalue weighted by molar-refractivity contribution is 5.67. The maximum Gasteiger partial charge on any atom is 0.417 e. The van der Waals surface area contributed by atoms with Crippen molar-refractivity contribution in [1.29, 1.82) is 0 Å². The van der Waals surface area contributed by atoms with E-state index in [-0.39, 0.29) is 23.0 Å². The van der Waals surface area contributed by atoms with Crippen LogP contribution in [0.1, 0.15) is 5.56 Å². The molecule has 0 aliphatic heterocycles. The lowest BCUT2D eigenvalue weighted by Crippen LogP contribution is -2.07. The molecule has 1 aromatic carbocycles. The minimum absolute atomic E-state index is 0.0487. The number of aromatic nitrogens is 4. The summed E-state index contributed by atoms with van der Waals surface area (Å²) in [7, 11) is 0. The number of hydrogen-bond acceptors (Lipinski definition) is 4. The Morgan fingerprint density at radius 2 is 1.82 bits per heavy atom. The fraction of sp³-hybridized carbons (Fsp3) is 0.0714. The highest BCUT2D eigenvalue weighted by Gasteiger charge is 2.34. The van der Waals surface area contributed by atoms with Gasteiger partial charge in [-0.25, -0.2) is 4.98 Å². The first-order valence-corrected chi connectivity index (χ1v) is 6.19. The molecule has 0 amide bonds. The molecule has 8 heteroatoms. The van der Waals surface area contributed by atoms with Crippen molar-refractivity contribution in [2.45, 2.75) is 6.18 Å². The molecule has 112 valence electrons. The first-order chi connectivity index (χ1) is 10.5. The first-order valence-electron chi connectivity index (χ1n) is 6.19. The molecule has 0 saturated heterocycles. The van der Waals surface area contributed by atoms with Gasteiger partial charge < -0.3 is 5.11 Å². The number of phenols is 1. The van der Waals surface area contributed by atoms with Gasteiger partial charge in [0.15, 0.2) is 11.6 Å². The van der Waals surface area contributed by atoms with Gasteiger partial charge in [-0.15, -0.1) is 0 Å². The van der Waals surface area contributed by atoms with Crippen LogP contribution < -0.4 is 0 Å². The van der Waals surface area contributed by atoms with E-state index >= 15 is 0 Å². The molecule has 0 radical (unpaired) electrons. The topological polar surface area (TPSA) is 74.7 Å². The number of benzene rings is 1. The van der Waals surface area contributed by atoms with Crippen LogP contribution in [0.25, 0.3) is 22.8 Å². The molecule has 0 spiro atoms. The highest BCUT2D eigenvalue weighted by atomic mass is 19.4. The summed E-state index contributed by atoms with van der Waals surface area (Å²) in [5.74, 6) is -0.0174. The Bertz CT molecular complexity index is 814. The minimum atomic E-state index is -4.53. The zero-order valence-electron chi connectivity index (χ0n) is 11.0. The van der Waals surface area contributed by atoms with Crippen molar-refractivity contribution in [1.82, 2.24) is 20.2 Å². The molecule has 3 aromatic rings. The van der Waals surface area contributed by atoms with E-state index in [9.17, 15) is 18.3 Å². The summed E-state index contributed by atoms with van der Waals surface area (Å²) in [4.78, 5) is 7.71. The fourth-order valence-electron chi connectivity index (χ4n) is 2.00. The molecule has 0 aliphatic carbocycles. The lowest BCUT2D eigenvalue weighted by atomic mass is 10.1. The van der Waals surface area contributed by atoms with E-state index in [0.29, 0.717) is 5.56 Å². The van der Waals surface area contributed by atoms with Gasteiger partial charge in [0.05, 0.1) is 16.7 Å². The average molecular weight is 306 g/mol. The zero-order valence-corrected chi connectivity index (χ0v) is 11.0. The number of alkyl halides is 3. The van der Waals surface area contributed by atoms with Crippen LogP contribution in [0, 0.1) is 0 Å².